The summed E-state index contributed by atoms with van der Waals surface area (Å²) in [6.45, 7) is 9.26. The van der Waals surface area contributed by atoms with Crippen molar-refractivity contribution < 1.29 is 0 Å². The van der Waals surface area contributed by atoms with Gasteiger partial charge < -0.3 is 5.73 Å². The van der Waals surface area contributed by atoms with Crippen LogP contribution in [-0.2, 0) is 13.5 Å². The first kappa shape index (κ1) is 13.8. The third-order valence-corrected chi connectivity index (χ3v) is 3.86. The van der Waals surface area contributed by atoms with E-state index in [2.05, 4.69) is 44.9 Å². The second-order valence-electron chi connectivity index (χ2n) is 5.33. The van der Waals surface area contributed by atoms with Gasteiger partial charge in [-0.2, -0.15) is 5.10 Å². The van der Waals surface area contributed by atoms with E-state index >= 15 is 0 Å². The Morgan fingerprint density at radius 2 is 1.68 bits per heavy atom. The van der Waals surface area contributed by atoms with Gasteiger partial charge in [0.05, 0.1) is 11.4 Å². The number of hydrogen-bond acceptors (Lipinski definition) is 2. The summed E-state index contributed by atoms with van der Waals surface area (Å²) in [6.07, 6.45) is 0.837. The number of aryl methyl sites for hydroxylation is 4. The largest absolute Gasteiger partial charge is 0.330 e. The Labute approximate surface area is 115 Å². The molecule has 0 radical (unpaired) electrons. The lowest BCUT2D eigenvalue weighted by Crippen LogP contribution is -2.04. The molecule has 102 valence electrons. The Hall–Kier alpha value is -1.61. The fourth-order valence-corrected chi connectivity index (χ4v) is 2.65. The van der Waals surface area contributed by atoms with E-state index in [0.29, 0.717) is 6.54 Å². The lowest BCUT2D eigenvalue weighted by atomic mass is 9.96. The molecular weight excluding hydrogens is 234 g/mol. The van der Waals surface area contributed by atoms with Crippen LogP contribution in [0.3, 0.4) is 0 Å². The van der Waals surface area contributed by atoms with Crippen LogP contribution in [0, 0.1) is 27.7 Å². The second kappa shape index (κ2) is 5.17. The predicted molar refractivity (Wildman–Crippen MR) is 80.4 cm³/mol. The fraction of sp³-hybridized carbons (Fsp3) is 0.438. The van der Waals surface area contributed by atoms with Gasteiger partial charge >= 0.3 is 0 Å². The van der Waals surface area contributed by atoms with E-state index < -0.39 is 0 Å². The van der Waals surface area contributed by atoms with Gasteiger partial charge in [0.2, 0.25) is 0 Å². The maximum absolute atomic E-state index is 5.65. The summed E-state index contributed by atoms with van der Waals surface area (Å²) in [7, 11) is 2.01. The predicted octanol–water partition coefficient (Wildman–Crippen LogP) is 2.82. The van der Waals surface area contributed by atoms with E-state index in [1.165, 1.54) is 33.5 Å². The zero-order valence-electron chi connectivity index (χ0n) is 12.5. The van der Waals surface area contributed by atoms with E-state index in [1.54, 1.807) is 0 Å². The summed E-state index contributed by atoms with van der Waals surface area (Å²) in [4.78, 5) is 0. The highest BCUT2D eigenvalue weighted by molar-refractivity contribution is 5.69. The van der Waals surface area contributed by atoms with Crippen LogP contribution in [0.15, 0.2) is 12.1 Å². The Kier molecular flexibility index (Phi) is 3.76. The standard InChI is InChI=1S/C16H23N3/c1-10-8-12(3)14(9-11(10)2)16-13(4)15(6-7-17)18-19(16)5/h8-9H,6-7,17H2,1-5H3. The van der Waals surface area contributed by atoms with Crippen LogP contribution in [0.25, 0.3) is 11.3 Å². The zero-order valence-corrected chi connectivity index (χ0v) is 12.5. The van der Waals surface area contributed by atoms with Crippen molar-refractivity contribution in [3.8, 4) is 11.3 Å². The minimum absolute atomic E-state index is 0.642. The van der Waals surface area contributed by atoms with Crippen LogP contribution in [0.4, 0.5) is 0 Å². The van der Waals surface area contributed by atoms with E-state index in [9.17, 15) is 0 Å². The summed E-state index contributed by atoms with van der Waals surface area (Å²) in [5, 5.41) is 4.61. The first-order chi connectivity index (χ1) is 8.95. The van der Waals surface area contributed by atoms with Gasteiger partial charge in [-0.05, 0) is 62.6 Å². The Bertz CT molecular complexity index is 609. The average Bonchev–Trinajstić information content (AvgIpc) is 2.61. The molecule has 0 unspecified atom stereocenters. The van der Waals surface area contributed by atoms with Crippen LogP contribution in [0.1, 0.15) is 27.9 Å². The number of nitrogens with zero attached hydrogens (tertiary/aromatic N) is 2. The molecule has 19 heavy (non-hydrogen) atoms. The third kappa shape index (κ3) is 2.43. The van der Waals surface area contributed by atoms with Crippen molar-refractivity contribution in [2.75, 3.05) is 6.54 Å². The molecule has 0 aliphatic rings. The van der Waals surface area contributed by atoms with Crippen molar-refractivity contribution in [2.24, 2.45) is 12.8 Å². The molecule has 0 spiro atoms. The molecule has 3 nitrogen and oxygen atoms in total. The molecule has 0 saturated carbocycles. The van der Waals surface area contributed by atoms with Crippen LogP contribution in [0.5, 0.6) is 0 Å². The SMILES string of the molecule is Cc1cc(C)c(-c2c(C)c(CCN)nn2C)cc1C. The molecule has 0 fully saturated rings. The monoisotopic (exact) mass is 257 g/mol. The maximum atomic E-state index is 5.65. The van der Waals surface area contributed by atoms with Gasteiger partial charge in [0, 0.05) is 19.0 Å². The molecule has 0 aliphatic heterocycles. The van der Waals surface area contributed by atoms with Gasteiger partial charge in [0.1, 0.15) is 0 Å². The molecular formula is C16H23N3. The van der Waals surface area contributed by atoms with Crippen molar-refractivity contribution in [1.29, 1.82) is 0 Å². The van der Waals surface area contributed by atoms with Gasteiger partial charge in [-0.15, -0.1) is 0 Å². The van der Waals surface area contributed by atoms with E-state index in [0.717, 1.165) is 12.1 Å². The van der Waals surface area contributed by atoms with Gasteiger partial charge in [-0.25, -0.2) is 0 Å². The van der Waals surface area contributed by atoms with Crippen molar-refractivity contribution in [3.05, 3.63) is 40.1 Å². The molecule has 1 aromatic heterocycles. The Morgan fingerprint density at radius 1 is 1.05 bits per heavy atom. The van der Waals surface area contributed by atoms with E-state index in [1.807, 2.05) is 11.7 Å². The molecule has 0 saturated heterocycles. The molecule has 2 rings (SSSR count). The topological polar surface area (TPSA) is 43.8 Å². The number of hydrogen-bond donors (Lipinski definition) is 1. The highest BCUT2D eigenvalue weighted by atomic mass is 15.3. The lowest BCUT2D eigenvalue weighted by Gasteiger charge is -2.11. The van der Waals surface area contributed by atoms with E-state index in [4.69, 9.17) is 5.73 Å². The summed E-state index contributed by atoms with van der Waals surface area (Å²) < 4.78 is 1.98. The highest BCUT2D eigenvalue weighted by Gasteiger charge is 2.15. The lowest BCUT2D eigenvalue weighted by molar-refractivity contribution is 0.744. The molecule has 0 aliphatic carbocycles. The van der Waals surface area contributed by atoms with Crippen molar-refractivity contribution in [1.82, 2.24) is 9.78 Å². The quantitative estimate of drug-likeness (QED) is 0.919. The molecule has 2 aromatic rings. The molecule has 0 bridgehead atoms. The Balaban J connectivity index is 2.62. The summed E-state index contributed by atoms with van der Waals surface area (Å²) in [5.74, 6) is 0. The highest BCUT2D eigenvalue weighted by Crippen LogP contribution is 2.30. The molecule has 1 aromatic carbocycles. The maximum Gasteiger partial charge on any atom is 0.0713 e. The summed E-state index contributed by atoms with van der Waals surface area (Å²) in [6, 6.07) is 4.51. The molecule has 2 N–H and O–H groups in total. The number of benzene rings is 1. The van der Waals surface area contributed by atoms with Gasteiger partial charge in [0.15, 0.2) is 0 Å². The van der Waals surface area contributed by atoms with Crippen LogP contribution < -0.4 is 5.73 Å². The molecule has 3 heteroatoms. The normalized spacial score (nSPS) is 11.1. The van der Waals surface area contributed by atoms with Crippen LogP contribution in [0.2, 0.25) is 0 Å². The number of nitrogens with two attached hydrogens (primary N) is 1. The first-order valence-electron chi connectivity index (χ1n) is 6.76. The van der Waals surface area contributed by atoms with Crippen LogP contribution in [-0.4, -0.2) is 16.3 Å². The van der Waals surface area contributed by atoms with Crippen molar-refractivity contribution in [3.63, 3.8) is 0 Å². The first-order valence-corrected chi connectivity index (χ1v) is 6.76. The van der Waals surface area contributed by atoms with Gasteiger partial charge in [-0.1, -0.05) is 6.07 Å². The van der Waals surface area contributed by atoms with Gasteiger partial charge in [0.25, 0.3) is 0 Å². The summed E-state index contributed by atoms with van der Waals surface area (Å²) in [5.41, 5.74) is 14.5. The smallest absolute Gasteiger partial charge is 0.0713 e. The second-order valence-corrected chi connectivity index (χ2v) is 5.33. The van der Waals surface area contributed by atoms with Crippen LogP contribution >= 0.6 is 0 Å². The number of aromatic nitrogens is 2. The minimum Gasteiger partial charge on any atom is -0.330 e. The minimum atomic E-state index is 0.642. The number of rotatable bonds is 3. The van der Waals surface area contributed by atoms with Crippen molar-refractivity contribution in [2.45, 2.75) is 34.1 Å². The zero-order chi connectivity index (χ0) is 14.2. The Morgan fingerprint density at radius 3 is 2.32 bits per heavy atom. The molecule has 0 amide bonds. The fourth-order valence-electron chi connectivity index (χ4n) is 2.65. The van der Waals surface area contributed by atoms with Gasteiger partial charge in [-0.3, -0.25) is 4.68 Å². The molecule has 0 atom stereocenters. The average molecular weight is 257 g/mol. The summed E-state index contributed by atoms with van der Waals surface area (Å²) >= 11 is 0. The molecule has 1 heterocycles. The third-order valence-electron chi connectivity index (χ3n) is 3.86. The van der Waals surface area contributed by atoms with E-state index in [-0.39, 0.29) is 0 Å². The van der Waals surface area contributed by atoms with Crippen molar-refractivity contribution >= 4 is 0 Å².